The van der Waals surface area contributed by atoms with Gasteiger partial charge in [-0.1, -0.05) is 18.2 Å². The minimum Gasteiger partial charge on any atom is -0.297 e. The van der Waals surface area contributed by atoms with Gasteiger partial charge in [-0.25, -0.2) is 8.42 Å². The number of hydrogen-bond donors (Lipinski definition) is 0. The average Bonchev–Trinajstić information content (AvgIpc) is 3.12. The minimum atomic E-state index is -2.78. The van der Waals surface area contributed by atoms with Crippen LogP contribution < -0.4 is 0 Å². The topological polar surface area (TPSA) is 40.6 Å². The summed E-state index contributed by atoms with van der Waals surface area (Å²) in [5, 5.41) is 3.66. The van der Waals surface area contributed by atoms with Gasteiger partial charge in [0.15, 0.2) is 9.84 Å². The molecule has 4 nitrogen and oxygen atoms in total. The summed E-state index contributed by atoms with van der Waals surface area (Å²) in [4.78, 5) is 4.88. The zero-order valence-electron chi connectivity index (χ0n) is 13.1. The standard InChI is InChI=1S/C17H22N2O2S2/c20-23(21)10-5-15(13-23)19-8-6-18(7-9-19)11-14-12-22-17-4-2-1-3-16(14)17/h1-4,12,15H,5-11,13H2/t15-/m0/s1. The van der Waals surface area contributed by atoms with Crippen LogP contribution in [0.25, 0.3) is 10.1 Å². The van der Waals surface area contributed by atoms with Gasteiger partial charge in [0.2, 0.25) is 0 Å². The third-order valence-corrected chi connectivity index (χ3v) is 7.85. The van der Waals surface area contributed by atoms with Crippen LogP contribution in [-0.2, 0) is 16.4 Å². The van der Waals surface area contributed by atoms with E-state index in [1.807, 2.05) is 11.3 Å². The molecule has 2 saturated heterocycles. The first kappa shape index (κ1) is 15.6. The molecule has 3 heterocycles. The monoisotopic (exact) mass is 350 g/mol. The fourth-order valence-electron chi connectivity index (χ4n) is 3.75. The Morgan fingerprint density at radius 1 is 1.13 bits per heavy atom. The molecule has 6 heteroatoms. The zero-order chi connectivity index (χ0) is 15.9. The van der Waals surface area contributed by atoms with E-state index in [-0.39, 0.29) is 6.04 Å². The molecule has 4 rings (SSSR count). The molecular formula is C17H22N2O2S2. The molecule has 0 N–H and O–H groups in total. The van der Waals surface area contributed by atoms with Crippen molar-refractivity contribution < 1.29 is 8.42 Å². The Morgan fingerprint density at radius 2 is 1.91 bits per heavy atom. The molecule has 2 aromatic rings. The van der Waals surface area contributed by atoms with Gasteiger partial charge in [0, 0.05) is 43.5 Å². The Labute approximate surface area is 141 Å². The molecule has 1 aromatic heterocycles. The fourth-order valence-corrected chi connectivity index (χ4v) is 6.46. The van der Waals surface area contributed by atoms with Gasteiger partial charge in [-0.3, -0.25) is 9.80 Å². The van der Waals surface area contributed by atoms with Crippen molar-refractivity contribution in [1.82, 2.24) is 9.80 Å². The predicted molar refractivity (Wildman–Crippen MR) is 95.7 cm³/mol. The van der Waals surface area contributed by atoms with E-state index in [0.717, 1.165) is 39.1 Å². The Balaban J connectivity index is 1.37. The van der Waals surface area contributed by atoms with Crippen molar-refractivity contribution in [3.63, 3.8) is 0 Å². The van der Waals surface area contributed by atoms with Crippen LogP contribution in [0.4, 0.5) is 0 Å². The lowest BCUT2D eigenvalue weighted by Gasteiger charge is -2.37. The van der Waals surface area contributed by atoms with Gasteiger partial charge in [0.05, 0.1) is 11.5 Å². The van der Waals surface area contributed by atoms with Crippen LogP contribution in [0.5, 0.6) is 0 Å². The number of fused-ring (bicyclic) bond motifs is 1. The highest BCUT2D eigenvalue weighted by molar-refractivity contribution is 7.91. The zero-order valence-corrected chi connectivity index (χ0v) is 14.8. The summed E-state index contributed by atoms with van der Waals surface area (Å²) in [6.07, 6.45) is 0.817. The van der Waals surface area contributed by atoms with E-state index in [2.05, 4.69) is 39.4 Å². The molecule has 0 spiro atoms. The van der Waals surface area contributed by atoms with Gasteiger partial charge in [-0.15, -0.1) is 11.3 Å². The van der Waals surface area contributed by atoms with Crippen molar-refractivity contribution in [2.24, 2.45) is 0 Å². The molecule has 2 fully saturated rings. The normalized spacial score (nSPS) is 26.0. The molecule has 0 bridgehead atoms. The second-order valence-corrected chi connectivity index (χ2v) is 9.77. The molecule has 0 amide bonds. The lowest BCUT2D eigenvalue weighted by atomic mass is 10.1. The summed E-state index contributed by atoms with van der Waals surface area (Å²) < 4.78 is 24.7. The molecule has 2 aliphatic rings. The average molecular weight is 351 g/mol. The lowest BCUT2D eigenvalue weighted by Crippen LogP contribution is -2.50. The van der Waals surface area contributed by atoms with E-state index in [9.17, 15) is 8.42 Å². The van der Waals surface area contributed by atoms with Gasteiger partial charge in [-0.2, -0.15) is 0 Å². The highest BCUT2D eigenvalue weighted by Gasteiger charge is 2.33. The number of nitrogens with zero attached hydrogens (tertiary/aromatic N) is 2. The van der Waals surface area contributed by atoms with Crippen LogP contribution in [0, 0.1) is 0 Å². The van der Waals surface area contributed by atoms with Crippen molar-refractivity contribution in [3.8, 4) is 0 Å². The van der Waals surface area contributed by atoms with Crippen LogP contribution in [0.3, 0.4) is 0 Å². The van der Waals surface area contributed by atoms with E-state index in [0.29, 0.717) is 11.5 Å². The Hall–Kier alpha value is -0.950. The maximum Gasteiger partial charge on any atom is 0.151 e. The van der Waals surface area contributed by atoms with E-state index < -0.39 is 9.84 Å². The second-order valence-electron chi connectivity index (χ2n) is 6.63. The first-order valence-electron chi connectivity index (χ1n) is 8.23. The number of piperazine rings is 1. The summed E-state index contributed by atoms with van der Waals surface area (Å²) in [6, 6.07) is 8.85. The molecule has 23 heavy (non-hydrogen) atoms. The van der Waals surface area contributed by atoms with Crippen LogP contribution in [0.1, 0.15) is 12.0 Å². The second kappa shape index (κ2) is 6.16. The molecule has 1 atom stereocenters. The van der Waals surface area contributed by atoms with Crippen LogP contribution >= 0.6 is 11.3 Å². The fraction of sp³-hybridized carbons (Fsp3) is 0.529. The quantitative estimate of drug-likeness (QED) is 0.851. The Kier molecular flexibility index (Phi) is 4.17. The smallest absolute Gasteiger partial charge is 0.151 e. The molecule has 124 valence electrons. The molecule has 0 aliphatic carbocycles. The first-order chi connectivity index (χ1) is 11.1. The summed E-state index contributed by atoms with van der Waals surface area (Å²) in [5.41, 5.74) is 1.42. The van der Waals surface area contributed by atoms with Crippen molar-refractivity contribution in [1.29, 1.82) is 0 Å². The third-order valence-electron chi connectivity index (χ3n) is 5.09. The third kappa shape index (κ3) is 3.31. The number of sulfone groups is 1. The Bertz CT molecular complexity index is 792. The van der Waals surface area contributed by atoms with Gasteiger partial charge >= 0.3 is 0 Å². The molecule has 0 radical (unpaired) electrons. The molecule has 0 unspecified atom stereocenters. The molecule has 2 aliphatic heterocycles. The largest absolute Gasteiger partial charge is 0.297 e. The van der Waals surface area contributed by atoms with Gasteiger partial charge in [0.25, 0.3) is 0 Å². The van der Waals surface area contributed by atoms with E-state index in [4.69, 9.17) is 0 Å². The van der Waals surface area contributed by atoms with Gasteiger partial charge in [-0.05, 0) is 28.8 Å². The van der Waals surface area contributed by atoms with Crippen molar-refractivity contribution >= 4 is 31.3 Å². The van der Waals surface area contributed by atoms with Crippen LogP contribution in [-0.4, -0.2) is 61.9 Å². The summed E-state index contributed by atoms with van der Waals surface area (Å²) in [6.45, 7) is 5.03. The molecule has 0 saturated carbocycles. The van der Waals surface area contributed by atoms with Crippen molar-refractivity contribution in [2.45, 2.75) is 19.0 Å². The number of thiophene rings is 1. The number of rotatable bonds is 3. The number of benzene rings is 1. The van der Waals surface area contributed by atoms with Crippen LogP contribution in [0.15, 0.2) is 29.6 Å². The molecular weight excluding hydrogens is 328 g/mol. The lowest BCUT2D eigenvalue weighted by molar-refractivity contribution is 0.100. The summed E-state index contributed by atoms with van der Waals surface area (Å²) in [5.74, 6) is 0.737. The van der Waals surface area contributed by atoms with Crippen molar-refractivity contribution in [2.75, 3.05) is 37.7 Å². The number of hydrogen-bond acceptors (Lipinski definition) is 5. The van der Waals surface area contributed by atoms with Crippen molar-refractivity contribution in [3.05, 3.63) is 35.2 Å². The van der Waals surface area contributed by atoms with Gasteiger partial charge < -0.3 is 0 Å². The van der Waals surface area contributed by atoms with E-state index in [1.54, 1.807) is 0 Å². The maximum absolute atomic E-state index is 11.6. The first-order valence-corrected chi connectivity index (χ1v) is 10.9. The highest BCUT2D eigenvalue weighted by Crippen LogP contribution is 2.27. The molecule has 1 aromatic carbocycles. The van der Waals surface area contributed by atoms with Crippen LogP contribution in [0.2, 0.25) is 0 Å². The summed E-state index contributed by atoms with van der Waals surface area (Å²) in [7, 11) is -2.78. The highest BCUT2D eigenvalue weighted by atomic mass is 32.2. The van der Waals surface area contributed by atoms with Gasteiger partial charge in [0.1, 0.15) is 0 Å². The van der Waals surface area contributed by atoms with E-state index in [1.165, 1.54) is 15.6 Å². The minimum absolute atomic E-state index is 0.254. The predicted octanol–water partition coefficient (Wildman–Crippen LogP) is 2.21. The maximum atomic E-state index is 11.6. The van der Waals surface area contributed by atoms with E-state index >= 15 is 0 Å². The summed E-state index contributed by atoms with van der Waals surface area (Å²) >= 11 is 1.82. The Morgan fingerprint density at radius 3 is 2.65 bits per heavy atom. The SMILES string of the molecule is O=S1(=O)CC[C@H](N2CCN(Cc3csc4ccccc34)CC2)C1.